The van der Waals surface area contributed by atoms with E-state index in [2.05, 4.69) is 20.6 Å². The third kappa shape index (κ3) is 5.59. The molecule has 0 spiro atoms. The predicted octanol–water partition coefficient (Wildman–Crippen LogP) is 3.68. The Bertz CT molecular complexity index is 924. The lowest BCUT2D eigenvalue weighted by molar-refractivity contribution is -0.121. The molecule has 6 nitrogen and oxygen atoms in total. The third-order valence-corrected chi connectivity index (χ3v) is 4.94. The molecule has 0 atom stereocenters. The molecule has 2 heterocycles. The molecule has 0 fully saturated rings. The number of nitrogens with zero attached hydrogens (tertiary/aromatic N) is 2. The Morgan fingerprint density at radius 3 is 2.78 bits per heavy atom. The Labute approximate surface area is 162 Å². The molecule has 0 saturated carbocycles. The molecule has 2 N–H and O–H groups in total. The standard InChI is InChI=1S/C20H22N4O2S/c1-2-5-19(26)24-20-23-16-9-7-14(12-17(16)27-20)8-10-18(25)22-13-15-6-3-4-11-21-15/h3-4,6-7,9,11-12H,2,5,8,10,13H2,1H3,(H,22,25)(H,23,24,26). The molecule has 0 aliphatic heterocycles. The maximum Gasteiger partial charge on any atom is 0.226 e. The van der Waals surface area contributed by atoms with Gasteiger partial charge in [0, 0.05) is 19.0 Å². The number of hydrogen-bond acceptors (Lipinski definition) is 5. The average Bonchev–Trinajstić information content (AvgIpc) is 3.07. The zero-order valence-corrected chi connectivity index (χ0v) is 16.0. The number of thiazole rings is 1. The number of nitrogens with one attached hydrogen (secondary N) is 2. The minimum atomic E-state index is -0.0126. The van der Waals surface area contributed by atoms with Crippen LogP contribution >= 0.6 is 11.3 Å². The minimum absolute atomic E-state index is 0.00225. The van der Waals surface area contributed by atoms with Crippen molar-refractivity contribution >= 4 is 38.5 Å². The van der Waals surface area contributed by atoms with Gasteiger partial charge in [0.2, 0.25) is 11.8 Å². The van der Waals surface area contributed by atoms with Gasteiger partial charge in [-0.2, -0.15) is 0 Å². The van der Waals surface area contributed by atoms with E-state index in [-0.39, 0.29) is 11.8 Å². The van der Waals surface area contributed by atoms with Gasteiger partial charge in [-0.25, -0.2) is 4.98 Å². The fraction of sp³-hybridized carbons (Fsp3) is 0.300. The molecule has 1 aromatic carbocycles. The third-order valence-electron chi connectivity index (χ3n) is 4.01. The van der Waals surface area contributed by atoms with Crippen LogP contribution in [0.5, 0.6) is 0 Å². The Balaban J connectivity index is 1.54. The molecule has 0 bridgehead atoms. The first-order chi connectivity index (χ1) is 13.1. The van der Waals surface area contributed by atoms with E-state index in [1.807, 2.05) is 43.3 Å². The van der Waals surface area contributed by atoms with E-state index >= 15 is 0 Å². The first kappa shape index (κ1) is 19.0. The highest BCUT2D eigenvalue weighted by Crippen LogP contribution is 2.27. The number of amides is 2. The Hall–Kier alpha value is -2.80. The van der Waals surface area contributed by atoms with E-state index in [4.69, 9.17) is 0 Å². The summed E-state index contributed by atoms with van der Waals surface area (Å²) in [5, 5.41) is 6.34. The molecule has 0 unspecified atom stereocenters. The number of aryl methyl sites for hydroxylation is 1. The van der Waals surface area contributed by atoms with Gasteiger partial charge in [-0.3, -0.25) is 14.6 Å². The summed E-state index contributed by atoms with van der Waals surface area (Å²) in [5.41, 5.74) is 2.77. The number of carbonyl (C=O) groups is 2. The van der Waals surface area contributed by atoms with Crippen LogP contribution in [0.1, 0.15) is 37.4 Å². The second-order valence-electron chi connectivity index (χ2n) is 6.22. The van der Waals surface area contributed by atoms with Crippen LogP contribution < -0.4 is 10.6 Å². The van der Waals surface area contributed by atoms with Crippen molar-refractivity contribution in [2.45, 2.75) is 39.2 Å². The summed E-state index contributed by atoms with van der Waals surface area (Å²) >= 11 is 1.46. The molecule has 0 aliphatic rings. The molecule has 0 radical (unpaired) electrons. The molecule has 2 aromatic heterocycles. The van der Waals surface area contributed by atoms with Crippen molar-refractivity contribution < 1.29 is 9.59 Å². The van der Waals surface area contributed by atoms with E-state index in [0.29, 0.717) is 30.9 Å². The number of hydrogen-bond donors (Lipinski definition) is 2. The lowest BCUT2D eigenvalue weighted by Crippen LogP contribution is -2.23. The summed E-state index contributed by atoms with van der Waals surface area (Å²) in [6.45, 7) is 2.41. The van der Waals surface area contributed by atoms with Crippen molar-refractivity contribution in [2.24, 2.45) is 0 Å². The Morgan fingerprint density at radius 1 is 1.11 bits per heavy atom. The first-order valence-corrected chi connectivity index (χ1v) is 9.81. The van der Waals surface area contributed by atoms with Crippen molar-refractivity contribution in [2.75, 3.05) is 5.32 Å². The molecule has 7 heteroatoms. The van der Waals surface area contributed by atoms with E-state index in [1.165, 1.54) is 11.3 Å². The van der Waals surface area contributed by atoms with Crippen LogP contribution in [-0.4, -0.2) is 21.8 Å². The van der Waals surface area contributed by atoms with Crippen LogP contribution in [0.4, 0.5) is 5.13 Å². The molecule has 3 aromatic rings. The van der Waals surface area contributed by atoms with Gasteiger partial charge < -0.3 is 10.6 Å². The number of fused-ring (bicyclic) bond motifs is 1. The normalized spacial score (nSPS) is 10.7. The van der Waals surface area contributed by atoms with Crippen molar-refractivity contribution in [1.29, 1.82) is 0 Å². The Morgan fingerprint density at radius 2 is 2.00 bits per heavy atom. The predicted molar refractivity (Wildman–Crippen MR) is 108 cm³/mol. The van der Waals surface area contributed by atoms with Crippen LogP contribution in [0.25, 0.3) is 10.2 Å². The summed E-state index contributed by atoms with van der Waals surface area (Å²) in [4.78, 5) is 32.4. The van der Waals surface area contributed by atoms with Crippen LogP contribution in [-0.2, 0) is 22.6 Å². The molecule has 0 aliphatic carbocycles. The molecule has 3 rings (SSSR count). The molecule has 27 heavy (non-hydrogen) atoms. The monoisotopic (exact) mass is 382 g/mol. The van der Waals surface area contributed by atoms with Crippen LogP contribution in [0.15, 0.2) is 42.6 Å². The number of pyridine rings is 1. The lowest BCUT2D eigenvalue weighted by Gasteiger charge is -2.05. The summed E-state index contributed by atoms with van der Waals surface area (Å²) in [6.07, 6.45) is 4.08. The van der Waals surface area contributed by atoms with Gasteiger partial charge in [-0.15, -0.1) is 0 Å². The molecular formula is C20H22N4O2S. The first-order valence-electron chi connectivity index (χ1n) is 9.00. The number of anilines is 1. The van der Waals surface area contributed by atoms with Crippen molar-refractivity contribution in [3.63, 3.8) is 0 Å². The molecule has 2 amide bonds. The SMILES string of the molecule is CCCC(=O)Nc1nc2ccc(CCC(=O)NCc3ccccn3)cc2s1. The van der Waals surface area contributed by atoms with E-state index in [1.54, 1.807) is 6.20 Å². The number of carbonyl (C=O) groups excluding carboxylic acids is 2. The number of benzene rings is 1. The summed E-state index contributed by atoms with van der Waals surface area (Å²) in [6, 6.07) is 11.6. The summed E-state index contributed by atoms with van der Waals surface area (Å²) < 4.78 is 1.01. The lowest BCUT2D eigenvalue weighted by atomic mass is 10.1. The topological polar surface area (TPSA) is 84.0 Å². The maximum atomic E-state index is 12.0. The van der Waals surface area contributed by atoms with Gasteiger partial charge in [0.15, 0.2) is 5.13 Å². The fourth-order valence-electron chi connectivity index (χ4n) is 2.62. The summed E-state index contributed by atoms with van der Waals surface area (Å²) in [7, 11) is 0. The van der Waals surface area contributed by atoms with Crippen molar-refractivity contribution in [3.05, 3.63) is 53.9 Å². The van der Waals surface area contributed by atoms with E-state index in [0.717, 1.165) is 27.9 Å². The fourth-order valence-corrected chi connectivity index (χ4v) is 3.57. The zero-order chi connectivity index (χ0) is 19.1. The molecule has 140 valence electrons. The van der Waals surface area contributed by atoms with Gasteiger partial charge in [0.1, 0.15) is 0 Å². The number of aromatic nitrogens is 2. The largest absolute Gasteiger partial charge is 0.350 e. The Kier molecular flexibility index (Phi) is 6.49. The highest BCUT2D eigenvalue weighted by atomic mass is 32.1. The molecular weight excluding hydrogens is 360 g/mol. The average molecular weight is 382 g/mol. The maximum absolute atomic E-state index is 12.0. The second kappa shape index (κ2) is 9.23. The summed E-state index contributed by atoms with van der Waals surface area (Å²) in [5.74, 6) is -0.0149. The molecule has 0 saturated heterocycles. The van der Waals surface area contributed by atoms with Gasteiger partial charge in [0.05, 0.1) is 22.5 Å². The zero-order valence-electron chi connectivity index (χ0n) is 15.2. The van der Waals surface area contributed by atoms with E-state index < -0.39 is 0 Å². The van der Waals surface area contributed by atoms with Gasteiger partial charge >= 0.3 is 0 Å². The quantitative estimate of drug-likeness (QED) is 0.622. The highest BCUT2D eigenvalue weighted by molar-refractivity contribution is 7.22. The highest BCUT2D eigenvalue weighted by Gasteiger charge is 2.09. The van der Waals surface area contributed by atoms with Crippen molar-refractivity contribution in [3.8, 4) is 0 Å². The van der Waals surface area contributed by atoms with Crippen LogP contribution in [0.3, 0.4) is 0 Å². The van der Waals surface area contributed by atoms with Crippen LogP contribution in [0, 0.1) is 0 Å². The smallest absolute Gasteiger partial charge is 0.226 e. The van der Waals surface area contributed by atoms with Gasteiger partial charge in [-0.1, -0.05) is 30.4 Å². The van der Waals surface area contributed by atoms with E-state index in [9.17, 15) is 9.59 Å². The van der Waals surface area contributed by atoms with Gasteiger partial charge in [0.25, 0.3) is 0 Å². The van der Waals surface area contributed by atoms with Gasteiger partial charge in [-0.05, 0) is 42.7 Å². The van der Waals surface area contributed by atoms with Crippen LogP contribution in [0.2, 0.25) is 0 Å². The second-order valence-corrected chi connectivity index (χ2v) is 7.25. The minimum Gasteiger partial charge on any atom is -0.350 e. The van der Waals surface area contributed by atoms with Crippen molar-refractivity contribution in [1.82, 2.24) is 15.3 Å². The number of rotatable bonds is 8.